The second-order valence-electron chi connectivity index (χ2n) is 4.85. The molecule has 9 heteroatoms. The first-order valence-electron chi connectivity index (χ1n) is 5.93. The normalized spacial score (nSPS) is 26.6. The first kappa shape index (κ1) is 15.5. The van der Waals surface area contributed by atoms with Crippen molar-refractivity contribution in [3.63, 3.8) is 0 Å². The van der Waals surface area contributed by atoms with Crippen LogP contribution in [0, 0.1) is 11.6 Å². The van der Waals surface area contributed by atoms with Crippen molar-refractivity contribution in [2.45, 2.75) is 18.1 Å². The number of nitrogens with two attached hydrogens (primary N) is 1. The van der Waals surface area contributed by atoms with Gasteiger partial charge >= 0.3 is 0 Å². The fraction of sp³-hybridized carbons (Fsp3) is 0.333. The van der Waals surface area contributed by atoms with Gasteiger partial charge in [-0.05, 0) is 0 Å². The van der Waals surface area contributed by atoms with Gasteiger partial charge in [0.25, 0.3) is 5.91 Å². The SMILES string of the molecule is Cl.NC(=O)[C@@H]1C[C@]2(CN1)Oc1cc(F)cc(F)c1NC2=O. The maximum Gasteiger partial charge on any atom is 0.270 e. The summed E-state index contributed by atoms with van der Waals surface area (Å²) >= 11 is 0. The molecule has 4 N–H and O–H groups in total. The Balaban J connectivity index is 0.00000161. The molecule has 1 aromatic carbocycles. The molecule has 2 aliphatic rings. The molecule has 0 bridgehead atoms. The molecule has 0 aromatic heterocycles. The van der Waals surface area contributed by atoms with Crippen molar-refractivity contribution in [1.82, 2.24) is 5.32 Å². The van der Waals surface area contributed by atoms with Gasteiger partial charge in [0.2, 0.25) is 11.5 Å². The molecule has 1 fully saturated rings. The van der Waals surface area contributed by atoms with Crippen molar-refractivity contribution in [3.05, 3.63) is 23.8 Å². The van der Waals surface area contributed by atoms with E-state index in [1.165, 1.54) is 0 Å². The summed E-state index contributed by atoms with van der Waals surface area (Å²) in [4.78, 5) is 23.2. The Bertz CT molecular complexity index is 628. The van der Waals surface area contributed by atoms with E-state index in [0.29, 0.717) is 6.07 Å². The highest BCUT2D eigenvalue weighted by atomic mass is 35.5. The van der Waals surface area contributed by atoms with Crippen molar-refractivity contribution in [3.8, 4) is 5.75 Å². The summed E-state index contributed by atoms with van der Waals surface area (Å²) in [5.74, 6) is -3.04. The molecule has 0 saturated carbocycles. The monoisotopic (exact) mass is 319 g/mol. The fourth-order valence-corrected chi connectivity index (χ4v) is 2.45. The number of halogens is 3. The third-order valence-electron chi connectivity index (χ3n) is 3.49. The molecule has 1 spiro atoms. The summed E-state index contributed by atoms with van der Waals surface area (Å²) in [5, 5.41) is 5.11. The summed E-state index contributed by atoms with van der Waals surface area (Å²) < 4.78 is 32.2. The predicted molar refractivity (Wildman–Crippen MR) is 71.2 cm³/mol. The van der Waals surface area contributed by atoms with Gasteiger partial charge in [0.05, 0.1) is 6.04 Å². The Morgan fingerprint density at radius 1 is 1.43 bits per heavy atom. The number of carbonyl (C=O) groups excluding carboxylic acids is 2. The zero-order chi connectivity index (χ0) is 14.5. The van der Waals surface area contributed by atoms with E-state index < -0.39 is 35.1 Å². The molecule has 6 nitrogen and oxygen atoms in total. The first-order valence-corrected chi connectivity index (χ1v) is 5.93. The second kappa shape index (κ2) is 5.12. The van der Waals surface area contributed by atoms with Gasteiger partial charge in [0.1, 0.15) is 11.5 Å². The van der Waals surface area contributed by atoms with Crippen LogP contribution in [-0.2, 0) is 9.59 Å². The molecular formula is C12H12ClF2N3O3. The molecule has 1 aromatic rings. The third kappa shape index (κ3) is 2.40. The minimum Gasteiger partial charge on any atom is -0.474 e. The number of amides is 2. The lowest BCUT2D eigenvalue weighted by Crippen LogP contribution is -2.52. The molecule has 3 rings (SSSR count). The standard InChI is InChI=1S/C12H11F2N3O3.ClH/c13-5-1-6(14)9-8(2-5)20-12(11(19)17-9)3-7(10(15)18)16-4-12;/h1-2,7,16H,3-4H2,(H2,15,18)(H,17,19);1H/t7-,12+;/m0./s1. The minimum atomic E-state index is -1.38. The van der Waals surface area contributed by atoms with E-state index >= 15 is 0 Å². The van der Waals surface area contributed by atoms with Gasteiger partial charge in [-0.15, -0.1) is 12.4 Å². The van der Waals surface area contributed by atoms with Crippen LogP contribution in [0.25, 0.3) is 0 Å². The van der Waals surface area contributed by atoms with E-state index in [1.54, 1.807) is 0 Å². The largest absolute Gasteiger partial charge is 0.474 e. The zero-order valence-electron chi connectivity index (χ0n) is 10.6. The van der Waals surface area contributed by atoms with Gasteiger partial charge in [-0.1, -0.05) is 0 Å². The highest BCUT2D eigenvalue weighted by Crippen LogP contribution is 2.39. The molecule has 114 valence electrons. The van der Waals surface area contributed by atoms with Crippen molar-refractivity contribution in [2.75, 3.05) is 11.9 Å². The Labute approximate surface area is 124 Å². The molecule has 2 amide bonds. The highest BCUT2D eigenvalue weighted by Gasteiger charge is 2.52. The van der Waals surface area contributed by atoms with E-state index in [0.717, 1.165) is 6.07 Å². The first-order chi connectivity index (χ1) is 9.41. The van der Waals surface area contributed by atoms with E-state index in [-0.39, 0.29) is 36.8 Å². The van der Waals surface area contributed by atoms with Crippen LogP contribution in [0.4, 0.5) is 14.5 Å². The Hall–Kier alpha value is -1.93. The molecule has 2 aliphatic heterocycles. The number of hydrogen-bond donors (Lipinski definition) is 3. The average Bonchev–Trinajstić information content (AvgIpc) is 2.77. The quantitative estimate of drug-likeness (QED) is 0.694. The summed E-state index contributed by atoms with van der Waals surface area (Å²) in [6.45, 7) is 0.0318. The fourth-order valence-electron chi connectivity index (χ4n) is 2.45. The van der Waals surface area contributed by atoms with Crippen LogP contribution in [0.3, 0.4) is 0 Å². The molecule has 0 unspecified atom stereocenters. The number of fused-ring (bicyclic) bond motifs is 1. The van der Waals surface area contributed by atoms with E-state index in [9.17, 15) is 18.4 Å². The molecule has 1 saturated heterocycles. The van der Waals surface area contributed by atoms with E-state index in [2.05, 4.69) is 10.6 Å². The third-order valence-corrected chi connectivity index (χ3v) is 3.49. The van der Waals surface area contributed by atoms with Gasteiger partial charge in [0.15, 0.2) is 11.6 Å². The molecule has 0 aliphatic carbocycles. The molecular weight excluding hydrogens is 308 g/mol. The maximum absolute atomic E-state index is 13.6. The second-order valence-corrected chi connectivity index (χ2v) is 4.85. The van der Waals surface area contributed by atoms with Crippen molar-refractivity contribution >= 4 is 29.9 Å². The number of benzene rings is 1. The lowest BCUT2D eigenvalue weighted by Gasteiger charge is -2.33. The van der Waals surface area contributed by atoms with Crippen molar-refractivity contribution in [2.24, 2.45) is 5.73 Å². The lowest BCUT2D eigenvalue weighted by atomic mass is 9.96. The summed E-state index contributed by atoms with van der Waals surface area (Å²) in [5.41, 5.74) is 3.58. The van der Waals surface area contributed by atoms with Crippen LogP contribution < -0.4 is 21.1 Å². The number of ether oxygens (including phenoxy) is 1. The number of hydrogen-bond acceptors (Lipinski definition) is 4. The van der Waals surface area contributed by atoms with Crippen molar-refractivity contribution < 1.29 is 23.1 Å². The molecule has 2 heterocycles. The van der Waals surface area contributed by atoms with Crippen LogP contribution in [0.5, 0.6) is 5.75 Å². The van der Waals surface area contributed by atoms with Crippen LogP contribution in [0.2, 0.25) is 0 Å². The van der Waals surface area contributed by atoms with Crippen molar-refractivity contribution in [1.29, 1.82) is 0 Å². The van der Waals surface area contributed by atoms with Crippen LogP contribution in [0.15, 0.2) is 12.1 Å². The van der Waals surface area contributed by atoms with E-state index in [1.807, 2.05) is 0 Å². The van der Waals surface area contributed by atoms with Gasteiger partial charge in [-0.25, -0.2) is 8.78 Å². The van der Waals surface area contributed by atoms with Gasteiger partial charge in [-0.3, -0.25) is 9.59 Å². The summed E-state index contributed by atoms with van der Waals surface area (Å²) in [6.07, 6.45) is 0.00569. The summed E-state index contributed by atoms with van der Waals surface area (Å²) in [6, 6.07) is 0.914. The predicted octanol–water partition coefficient (Wildman–Crippen LogP) is 0.303. The highest BCUT2D eigenvalue weighted by molar-refractivity contribution is 6.02. The maximum atomic E-state index is 13.6. The number of nitrogens with one attached hydrogen (secondary N) is 2. The van der Waals surface area contributed by atoms with Crippen LogP contribution in [-0.4, -0.2) is 30.0 Å². The van der Waals surface area contributed by atoms with Crippen LogP contribution >= 0.6 is 12.4 Å². The average molecular weight is 320 g/mol. The Morgan fingerprint density at radius 2 is 2.14 bits per heavy atom. The number of primary amides is 1. The molecule has 2 atom stereocenters. The number of carbonyl (C=O) groups is 2. The zero-order valence-corrected chi connectivity index (χ0v) is 11.4. The molecule has 21 heavy (non-hydrogen) atoms. The Kier molecular flexibility index (Phi) is 3.77. The lowest BCUT2D eigenvalue weighted by molar-refractivity contribution is -0.131. The van der Waals surface area contributed by atoms with Gasteiger partial charge < -0.3 is 21.1 Å². The Morgan fingerprint density at radius 3 is 2.76 bits per heavy atom. The van der Waals surface area contributed by atoms with Gasteiger partial charge in [-0.2, -0.15) is 0 Å². The molecule has 0 radical (unpaired) electrons. The number of anilines is 1. The topological polar surface area (TPSA) is 93.5 Å². The smallest absolute Gasteiger partial charge is 0.270 e. The van der Waals surface area contributed by atoms with Crippen LogP contribution in [0.1, 0.15) is 6.42 Å². The van der Waals surface area contributed by atoms with Gasteiger partial charge in [0, 0.05) is 25.1 Å². The minimum absolute atomic E-state index is 0. The van der Waals surface area contributed by atoms with E-state index in [4.69, 9.17) is 10.5 Å². The summed E-state index contributed by atoms with van der Waals surface area (Å²) in [7, 11) is 0. The number of rotatable bonds is 1.